The molecule has 112 valence electrons. The maximum Gasteiger partial charge on any atom is 0.313 e. The number of carbonyl (C=O) groups is 2. The number of rotatable bonds is 4. The van der Waals surface area contributed by atoms with Crippen LogP contribution in [0.5, 0.6) is 0 Å². The van der Waals surface area contributed by atoms with Crippen LogP contribution in [-0.4, -0.2) is 33.2 Å². The molecule has 1 unspecified atom stereocenters. The highest BCUT2D eigenvalue weighted by molar-refractivity contribution is 8.13. The van der Waals surface area contributed by atoms with Crippen molar-refractivity contribution < 1.29 is 14.5 Å². The monoisotopic (exact) mass is 329 g/mol. The molecule has 0 radical (unpaired) electrons. The highest BCUT2D eigenvalue weighted by atomic mass is 35.5. The summed E-state index contributed by atoms with van der Waals surface area (Å²) in [5.41, 5.74) is -0.296. The van der Waals surface area contributed by atoms with E-state index in [0.717, 1.165) is 11.8 Å². The van der Waals surface area contributed by atoms with E-state index >= 15 is 0 Å². The van der Waals surface area contributed by atoms with Crippen LogP contribution in [-0.2, 0) is 9.59 Å². The van der Waals surface area contributed by atoms with Crippen LogP contribution >= 0.6 is 23.4 Å². The molecule has 2 heterocycles. The topological polar surface area (TPSA) is 93.4 Å². The Morgan fingerprint density at radius 2 is 2.38 bits per heavy atom. The number of amides is 1. The first kappa shape index (κ1) is 15.7. The number of halogens is 1. The number of carbonyl (C=O) groups excluding carboxylic acids is 2. The van der Waals surface area contributed by atoms with Crippen LogP contribution in [0.4, 0.5) is 11.5 Å². The van der Waals surface area contributed by atoms with Crippen LogP contribution in [0.1, 0.15) is 13.3 Å². The minimum atomic E-state index is -0.612. The standard InChI is InChI=1S/C12H12ClN3O4S/c1-7(17)21-6-8-2-11(18)15(5-8)12-10(16(19)20)3-9(13)4-14-12/h3-4,8H,2,5-6H2,1H3. The van der Waals surface area contributed by atoms with E-state index in [4.69, 9.17) is 11.6 Å². The molecule has 0 saturated carbocycles. The molecule has 21 heavy (non-hydrogen) atoms. The normalized spacial score (nSPS) is 18.1. The number of nitro groups is 1. The molecule has 1 aromatic heterocycles. The van der Waals surface area contributed by atoms with E-state index in [-0.39, 0.29) is 39.9 Å². The van der Waals surface area contributed by atoms with E-state index in [0.29, 0.717) is 12.3 Å². The lowest BCUT2D eigenvalue weighted by Crippen LogP contribution is -2.26. The Balaban J connectivity index is 2.21. The lowest BCUT2D eigenvalue weighted by molar-refractivity contribution is -0.384. The third kappa shape index (κ3) is 3.70. The molecule has 1 aliphatic rings. The largest absolute Gasteiger partial charge is 0.313 e. The molecule has 9 heteroatoms. The van der Waals surface area contributed by atoms with Gasteiger partial charge in [-0.05, 0) is 5.92 Å². The van der Waals surface area contributed by atoms with Gasteiger partial charge in [-0.3, -0.25) is 24.6 Å². The maximum atomic E-state index is 12.0. The minimum absolute atomic E-state index is 0.00438. The summed E-state index contributed by atoms with van der Waals surface area (Å²) in [6.45, 7) is 1.78. The van der Waals surface area contributed by atoms with Gasteiger partial charge in [-0.2, -0.15) is 0 Å². The fourth-order valence-corrected chi connectivity index (χ4v) is 2.94. The highest BCUT2D eigenvalue weighted by Gasteiger charge is 2.35. The van der Waals surface area contributed by atoms with Gasteiger partial charge in [0.25, 0.3) is 0 Å². The molecule has 1 aliphatic heterocycles. The molecule has 1 aromatic rings. The summed E-state index contributed by atoms with van der Waals surface area (Å²) in [5, 5.41) is 11.2. The first-order valence-corrected chi connectivity index (χ1v) is 7.48. The van der Waals surface area contributed by atoms with Gasteiger partial charge in [0.2, 0.25) is 11.7 Å². The average Bonchev–Trinajstić information content (AvgIpc) is 2.77. The Morgan fingerprint density at radius 1 is 1.67 bits per heavy atom. The summed E-state index contributed by atoms with van der Waals surface area (Å²) in [5.74, 6) is 0.258. The van der Waals surface area contributed by atoms with Crippen molar-refractivity contribution in [2.45, 2.75) is 13.3 Å². The number of hydrogen-bond acceptors (Lipinski definition) is 6. The van der Waals surface area contributed by atoms with Crippen molar-refractivity contribution in [2.24, 2.45) is 5.92 Å². The Morgan fingerprint density at radius 3 is 3.00 bits per heavy atom. The Labute approximate surface area is 129 Å². The predicted octanol–water partition coefficient (Wildman–Crippen LogP) is 2.28. The van der Waals surface area contributed by atoms with Gasteiger partial charge in [0.1, 0.15) is 0 Å². The summed E-state index contributed by atoms with van der Waals surface area (Å²) in [4.78, 5) is 38.6. The average molecular weight is 330 g/mol. The predicted molar refractivity (Wildman–Crippen MR) is 79.5 cm³/mol. The zero-order valence-electron chi connectivity index (χ0n) is 11.1. The Hall–Kier alpha value is -1.67. The van der Waals surface area contributed by atoms with Crippen molar-refractivity contribution in [3.8, 4) is 0 Å². The summed E-state index contributed by atoms with van der Waals surface area (Å²) in [7, 11) is 0. The molecular weight excluding hydrogens is 318 g/mol. The minimum Gasteiger partial charge on any atom is -0.291 e. The zero-order chi connectivity index (χ0) is 15.6. The zero-order valence-corrected chi connectivity index (χ0v) is 12.7. The molecular formula is C12H12ClN3O4S. The first-order chi connectivity index (χ1) is 9.88. The molecule has 0 N–H and O–H groups in total. The van der Waals surface area contributed by atoms with E-state index in [1.807, 2.05) is 0 Å². The molecule has 1 atom stereocenters. The van der Waals surface area contributed by atoms with E-state index in [1.165, 1.54) is 24.1 Å². The van der Waals surface area contributed by atoms with E-state index in [9.17, 15) is 19.7 Å². The number of thioether (sulfide) groups is 1. The lowest BCUT2D eigenvalue weighted by atomic mass is 10.1. The summed E-state index contributed by atoms with van der Waals surface area (Å²) in [6.07, 6.45) is 1.52. The second kappa shape index (κ2) is 6.40. The van der Waals surface area contributed by atoms with Gasteiger partial charge in [0.15, 0.2) is 5.12 Å². The Bertz CT molecular complexity index is 610. The second-order valence-corrected chi connectivity index (χ2v) is 6.26. The lowest BCUT2D eigenvalue weighted by Gasteiger charge is -2.15. The molecule has 7 nitrogen and oxygen atoms in total. The number of nitrogens with zero attached hydrogens (tertiary/aromatic N) is 3. The van der Waals surface area contributed by atoms with Gasteiger partial charge in [0, 0.05) is 37.9 Å². The van der Waals surface area contributed by atoms with Crippen molar-refractivity contribution >= 4 is 45.9 Å². The van der Waals surface area contributed by atoms with Crippen molar-refractivity contribution in [3.05, 3.63) is 27.4 Å². The van der Waals surface area contributed by atoms with Gasteiger partial charge >= 0.3 is 5.69 Å². The van der Waals surface area contributed by atoms with Gasteiger partial charge in [0.05, 0.1) is 9.95 Å². The number of aromatic nitrogens is 1. The van der Waals surface area contributed by atoms with Gasteiger partial charge < -0.3 is 0 Å². The SMILES string of the molecule is CC(=O)SCC1CC(=O)N(c2ncc(Cl)cc2[N+](=O)[O-])C1. The van der Waals surface area contributed by atoms with E-state index in [1.54, 1.807) is 0 Å². The molecule has 1 amide bonds. The van der Waals surface area contributed by atoms with Gasteiger partial charge in [-0.15, -0.1) is 0 Å². The quantitative estimate of drug-likeness (QED) is 0.621. The van der Waals surface area contributed by atoms with Crippen LogP contribution < -0.4 is 4.90 Å². The van der Waals surface area contributed by atoms with E-state index in [2.05, 4.69) is 4.98 Å². The third-order valence-corrected chi connectivity index (χ3v) is 4.24. The van der Waals surface area contributed by atoms with Crippen molar-refractivity contribution in [1.82, 2.24) is 4.98 Å². The molecule has 0 aliphatic carbocycles. The third-order valence-electron chi connectivity index (χ3n) is 2.99. The van der Waals surface area contributed by atoms with Crippen molar-refractivity contribution in [1.29, 1.82) is 0 Å². The number of pyridine rings is 1. The van der Waals surface area contributed by atoms with E-state index < -0.39 is 4.92 Å². The Kier molecular flexibility index (Phi) is 4.79. The summed E-state index contributed by atoms with van der Waals surface area (Å²) < 4.78 is 0. The first-order valence-electron chi connectivity index (χ1n) is 6.12. The van der Waals surface area contributed by atoms with Crippen molar-refractivity contribution in [2.75, 3.05) is 17.2 Å². The van der Waals surface area contributed by atoms with Crippen LogP contribution in [0, 0.1) is 16.0 Å². The molecule has 2 rings (SSSR count). The molecule has 1 fully saturated rings. The molecule has 0 bridgehead atoms. The van der Waals surface area contributed by atoms with Crippen LogP contribution in [0.25, 0.3) is 0 Å². The second-order valence-electron chi connectivity index (χ2n) is 4.63. The molecule has 0 spiro atoms. The maximum absolute atomic E-state index is 12.0. The summed E-state index contributed by atoms with van der Waals surface area (Å²) >= 11 is 6.85. The fourth-order valence-electron chi connectivity index (χ4n) is 2.10. The highest BCUT2D eigenvalue weighted by Crippen LogP contribution is 2.33. The smallest absolute Gasteiger partial charge is 0.291 e. The van der Waals surface area contributed by atoms with Crippen LogP contribution in [0.2, 0.25) is 5.02 Å². The van der Waals surface area contributed by atoms with Gasteiger partial charge in [-0.1, -0.05) is 23.4 Å². The number of anilines is 1. The van der Waals surface area contributed by atoms with Crippen molar-refractivity contribution in [3.63, 3.8) is 0 Å². The summed E-state index contributed by atoms with van der Waals surface area (Å²) in [6, 6.07) is 1.18. The van der Waals surface area contributed by atoms with Crippen LogP contribution in [0.15, 0.2) is 12.3 Å². The van der Waals surface area contributed by atoms with Crippen LogP contribution in [0.3, 0.4) is 0 Å². The molecule has 0 aromatic carbocycles. The fraction of sp³-hybridized carbons (Fsp3) is 0.417. The number of hydrogen-bond donors (Lipinski definition) is 0. The molecule has 1 saturated heterocycles. The van der Waals surface area contributed by atoms with Gasteiger partial charge in [-0.25, -0.2) is 4.98 Å².